The van der Waals surface area contributed by atoms with Gasteiger partial charge in [0.1, 0.15) is 11.5 Å². The van der Waals surface area contributed by atoms with Gasteiger partial charge in [-0.3, -0.25) is 15.1 Å². The van der Waals surface area contributed by atoms with Gasteiger partial charge in [0.05, 0.1) is 16.4 Å². The zero-order valence-electron chi connectivity index (χ0n) is 9.37. The summed E-state index contributed by atoms with van der Waals surface area (Å²) in [4.78, 5) is 14.2. The van der Waals surface area contributed by atoms with E-state index in [0.717, 1.165) is 5.12 Å². The van der Waals surface area contributed by atoms with E-state index in [1.165, 1.54) is 19.3 Å². The van der Waals surface area contributed by atoms with Crippen molar-refractivity contribution in [1.82, 2.24) is 14.8 Å². The van der Waals surface area contributed by atoms with Crippen molar-refractivity contribution in [3.63, 3.8) is 0 Å². The van der Waals surface area contributed by atoms with Gasteiger partial charge in [0.15, 0.2) is 0 Å². The fourth-order valence-corrected chi connectivity index (χ4v) is 1.47. The van der Waals surface area contributed by atoms with E-state index in [9.17, 15) is 10.1 Å². The van der Waals surface area contributed by atoms with Crippen LogP contribution in [0.1, 0.15) is 5.69 Å². The number of pyridine rings is 1. The van der Waals surface area contributed by atoms with E-state index >= 15 is 0 Å². The number of nitrogens with one attached hydrogen (secondary N) is 1. The minimum absolute atomic E-state index is 0.0819. The number of hydrazine groups is 1. The highest BCUT2D eigenvalue weighted by Crippen LogP contribution is 2.21. The molecule has 0 radical (unpaired) electrons. The topological polar surface area (TPSA) is 110 Å². The first kappa shape index (κ1) is 14.5. The summed E-state index contributed by atoms with van der Waals surface area (Å²) in [6.07, 6.45) is 1.41. The predicted molar refractivity (Wildman–Crippen MR) is 71.1 cm³/mol. The summed E-state index contributed by atoms with van der Waals surface area (Å²) in [5.74, 6) is 5.66. The number of nitrogens with two attached hydrogens (primary N) is 1. The molecule has 0 fully saturated rings. The standard InChI is InChI=1S/C8H11ClN6O2S/c1-14(10)12-8(13-18)3-6-7(15(16)17)2-5(9)4-11-6/h2,4,18H,3,10H2,1H3,(H,12,13). The van der Waals surface area contributed by atoms with Gasteiger partial charge in [-0.15, -0.1) is 5.10 Å². The van der Waals surface area contributed by atoms with E-state index in [1.54, 1.807) is 0 Å². The highest BCUT2D eigenvalue weighted by molar-refractivity contribution is 7.78. The molecule has 0 aliphatic heterocycles. The van der Waals surface area contributed by atoms with Gasteiger partial charge >= 0.3 is 0 Å². The Hall–Kier alpha value is -1.58. The van der Waals surface area contributed by atoms with Crippen molar-refractivity contribution >= 4 is 35.9 Å². The number of aromatic nitrogens is 1. The monoisotopic (exact) mass is 290 g/mol. The molecule has 1 aromatic rings. The van der Waals surface area contributed by atoms with E-state index in [2.05, 4.69) is 27.6 Å². The van der Waals surface area contributed by atoms with Gasteiger partial charge in [0.25, 0.3) is 5.69 Å². The molecule has 98 valence electrons. The van der Waals surface area contributed by atoms with Crippen LogP contribution in [-0.2, 0) is 6.42 Å². The predicted octanol–water partition coefficient (Wildman–Crippen LogP) is 0.739. The average Bonchev–Trinajstić information content (AvgIpc) is 2.29. The number of thiol groups is 1. The summed E-state index contributed by atoms with van der Waals surface area (Å²) in [7, 11) is 1.51. The van der Waals surface area contributed by atoms with Gasteiger partial charge in [0.2, 0.25) is 0 Å². The molecule has 0 amide bonds. The van der Waals surface area contributed by atoms with Crippen LogP contribution in [0.2, 0.25) is 5.02 Å². The van der Waals surface area contributed by atoms with Crippen molar-refractivity contribution in [2.45, 2.75) is 6.42 Å². The van der Waals surface area contributed by atoms with Gasteiger partial charge in [-0.05, 0) is 0 Å². The Kier molecular flexibility index (Phi) is 5.13. The van der Waals surface area contributed by atoms with Crippen LogP contribution in [0.5, 0.6) is 0 Å². The van der Waals surface area contributed by atoms with E-state index in [0.29, 0.717) is 5.84 Å². The van der Waals surface area contributed by atoms with Crippen LogP contribution in [0.15, 0.2) is 17.4 Å². The minimum atomic E-state index is -0.559. The maximum absolute atomic E-state index is 10.9. The summed E-state index contributed by atoms with van der Waals surface area (Å²) >= 11 is 9.50. The Balaban J connectivity index is 3.06. The van der Waals surface area contributed by atoms with Crippen molar-refractivity contribution in [1.29, 1.82) is 0 Å². The fourth-order valence-electron chi connectivity index (χ4n) is 1.20. The highest BCUT2D eigenvalue weighted by Gasteiger charge is 2.17. The number of nitro groups is 1. The van der Waals surface area contributed by atoms with Crippen LogP contribution in [-0.4, -0.2) is 27.9 Å². The molecule has 0 aliphatic carbocycles. The third-order valence-corrected chi connectivity index (χ3v) is 2.32. The molecule has 0 aromatic carbocycles. The zero-order valence-corrected chi connectivity index (χ0v) is 11.0. The lowest BCUT2D eigenvalue weighted by Crippen LogP contribution is -2.27. The van der Waals surface area contributed by atoms with Gasteiger partial charge in [0, 0.05) is 19.3 Å². The highest BCUT2D eigenvalue weighted by atomic mass is 35.5. The molecule has 1 aromatic heterocycles. The molecular formula is C8H11ClN6O2S. The molecular weight excluding hydrogens is 280 g/mol. The molecule has 1 rings (SSSR count). The van der Waals surface area contributed by atoms with E-state index in [1.807, 2.05) is 0 Å². The smallest absolute Gasteiger partial charge is 0.292 e. The van der Waals surface area contributed by atoms with Crippen LogP contribution >= 0.6 is 24.4 Å². The largest absolute Gasteiger partial charge is 0.319 e. The number of rotatable bonds is 4. The average molecular weight is 291 g/mol. The lowest BCUT2D eigenvalue weighted by Gasteiger charge is -2.09. The van der Waals surface area contributed by atoms with Crippen LogP contribution in [0.4, 0.5) is 5.69 Å². The molecule has 0 aliphatic rings. The third kappa shape index (κ3) is 4.02. The molecule has 1 heterocycles. The zero-order chi connectivity index (χ0) is 13.7. The molecule has 0 spiro atoms. The second-order valence-corrected chi connectivity index (χ2v) is 3.95. The summed E-state index contributed by atoms with van der Waals surface area (Å²) in [5, 5.41) is 16.0. The molecule has 0 saturated heterocycles. The third-order valence-electron chi connectivity index (χ3n) is 1.85. The van der Waals surface area contributed by atoms with Crippen molar-refractivity contribution in [3.05, 3.63) is 33.1 Å². The van der Waals surface area contributed by atoms with Gasteiger partial charge in [-0.2, -0.15) is 0 Å². The fraction of sp³-hybridized carbons (Fsp3) is 0.250. The Bertz CT molecular complexity index is 481. The number of halogens is 1. The maximum atomic E-state index is 10.9. The molecule has 8 nitrogen and oxygen atoms in total. The number of hydrazone groups is 1. The molecule has 18 heavy (non-hydrogen) atoms. The normalized spacial score (nSPS) is 11.2. The molecule has 0 atom stereocenters. The van der Waals surface area contributed by atoms with Crippen molar-refractivity contribution in [2.75, 3.05) is 7.05 Å². The summed E-state index contributed by atoms with van der Waals surface area (Å²) < 4.78 is 2.49. The Morgan fingerprint density at radius 2 is 2.50 bits per heavy atom. The van der Waals surface area contributed by atoms with Gasteiger partial charge in [-0.25, -0.2) is 11.0 Å². The van der Waals surface area contributed by atoms with Crippen molar-refractivity contribution in [3.8, 4) is 0 Å². The quantitative estimate of drug-likeness (QED) is 0.188. The molecule has 0 unspecified atom stereocenters. The summed E-state index contributed by atoms with van der Waals surface area (Å²) in [5.41, 5.74) is 0.0324. The van der Waals surface area contributed by atoms with Gasteiger partial charge < -0.3 is 4.72 Å². The first-order chi connectivity index (χ1) is 8.43. The van der Waals surface area contributed by atoms with Gasteiger partial charge in [-0.1, -0.05) is 24.4 Å². The summed E-state index contributed by atoms with van der Waals surface area (Å²) in [6, 6.07) is 1.23. The lowest BCUT2D eigenvalue weighted by molar-refractivity contribution is -0.385. The number of amidine groups is 1. The molecule has 10 heteroatoms. The molecule has 0 saturated carbocycles. The second kappa shape index (κ2) is 6.38. The van der Waals surface area contributed by atoms with E-state index in [-0.39, 0.29) is 22.8 Å². The molecule has 3 N–H and O–H groups in total. The van der Waals surface area contributed by atoms with E-state index < -0.39 is 4.92 Å². The summed E-state index contributed by atoms with van der Waals surface area (Å²) in [6.45, 7) is 0. The van der Waals surface area contributed by atoms with E-state index in [4.69, 9.17) is 17.4 Å². The lowest BCUT2D eigenvalue weighted by atomic mass is 10.2. The Morgan fingerprint density at radius 3 is 3.00 bits per heavy atom. The SMILES string of the molecule is CN(N)/N=C(/Cc1ncc(Cl)cc1[N+](=O)[O-])NS. The van der Waals surface area contributed by atoms with Crippen LogP contribution < -0.4 is 10.6 Å². The number of nitrogens with zero attached hydrogens (tertiary/aromatic N) is 4. The number of hydrogen-bond acceptors (Lipinski definition) is 7. The van der Waals surface area contributed by atoms with Crippen molar-refractivity contribution in [2.24, 2.45) is 10.9 Å². The minimum Gasteiger partial charge on any atom is -0.319 e. The Morgan fingerprint density at radius 1 is 1.83 bits per heavy atom. The molecule has 0 bridgehead atoms. The van der Waals surface area contributed by atoms with Crippen molar-refractivity contribution < 1.29 is 4.92 Å². The van der Waals surface area contributed by atoms with Crippen LogP contribution in [0.25, 0.3) is 0 Å². The van der Waals surface area contributed by atoms with Crippen LogP contribution in [0.3, 0.4) is 0 Å². The van der Waals surface area contributed by atoms with Crippen LogP contribution in [0, 0.1) is 10.1 Å². The first-order valence-electron chi connectivity index (χ1n) is 4.69. The number of hydrogen-bond donors (Lipinski definition) is 3. The second-order valence-electron chi connectivity index (χ2n) is 3.29. The maximum Gasteiger partial charge on any atom is 0.292 e. The Labute approximate surface area is 113 Å². The first-order valence-corrected chi connectivity index (χ1v) is 5.51.